The molecule has 0 aliphatic carbocycles. The van der Waals surface area contributed by atoms with Crippen molar-refractivity contribution < 1.29 is 18.5 Å². The van der Waals surface area contributed by atoms with Crippen LogP contribution in [-0.2, 0) is 15.5 Å². The molecule has 3 aromatic rings. The van der Waals surface area contributed by atoms with Crippen molar-refractivity contribution in [3.05, 3.63) is 54.2 Å². The maximum absolute atomic E-state index is 12.4. The molecule has 0 N–H and O–H groups in total. The van der Waals surface area contributed by atoms with E-state index >= 15 is 0 Å². The smallest absolute Gasteiger partial charge is 0.356 e. The van der Waals surface area contributed by atoms with Gasteiger partial charge in [-0.25, -0.2) is 4.79 Å². The van der Waals surface area contributed by atoms with Gasteiger partial charge in [0.05, 0.1) is 35.4 Å². The molecule has 1 heterocycles. The quantitative estimate of drug-likeness (QED) is 0.683. The standard InChI is InChI=1S/C18H17NO4S/c1-22-13-9-10-15-14(11-13)17(24(3)21)16(18(20)23-2)19(15)12-7-5-4-6-8-12/h4-11H,1-3H3. The van der Waals surface area contributed by atoms with Crippen molar-refractivity contribution in [2.24, 2.45) is 0 Å². The molecule has 1 atom stereocenters. The second-order valence-electron chi connectivity index (χ2n) is 5.18. The van der Waals surface area contributed by atoms with Gasteiger partial charge in [0.15, 0.2) is 0 Å². The van der Waals surface area contributed by atoms with Gasteiger partial charge in [-0.05, 0) is 30.3 Å². The van der Waals surface area contributed by atoms with Crippen LogP contribution in [0.1, 0.15) is 10.5 Å². The molecule has 0 aliphatic heterocycles. The van der Waals surface area contributed by atoms with Gasteiger partial charge in [0, 0.05) is 17.3 Å². The molecule has 5 nitrogen and oxygen atoms in total. The van der Waals surface area contributed by atoms with Gasteiger partial charge >= 0.3 is 5.97 Å². The van der Waals surface area contributed by atoms with Gasteiger partial charge in [0.25, 0.3) is 0 Å². The van der Waals surface area contributed by atoms with E-state index in [9.17, 15) is 9.00 Å². The number of methoxy groups -OCH3 is 2. The largest absolute Gasteiger partial charge is 0.497 e. The summed E-state index contributed by atoms with van der Waals surface area (Å²) in [5.41, 5.74) is 1.84. The lowest BCUT2D eigenvalue weighted by molar-refractivity contribution is 0.0588. The van der Waals surface area contributed by atoms with Crippen molar-refractivity contribution in [2.75, 3.05) is 20.5 Å². The third kappa shape index (κ3) is 2.59. The van der Waals surface area contributed by atoms with E-state index in [0.717, 1.165) is 11.2 Å². The SMILES string of the molecule is COC(=O)c1c(S(C)=O)c2cc(OC)ccc2n1-c1ccccc1. The van der Waals surface area contributed by atoms with Crippen LogP contribution in [0.2, 0.25) is 0 Å². The predicted octanol–water partition coefficient (Wildman–Crippen LogP) is 3.16. The molecule has 2 aromatic carbocycles. The maximum atomic E-state index is 12.4. The van der Waals surface area contributed by atoms with Gasteiger partial charge < -0.3 is 14.0 Å². The van der Waals surface area contributed by atoms with E-state index in [1.807, 2.05) is 42.5 Å². The van der Waals surface area contributed by atoms with E-state index in [-0.39, 0.29) is 5.69 Å². The molecule has 6 heteroatoms. The zero-order chi connectivity index (χ0) is 17.3. The molecule has 0 saturated carbocycles. The number of aromatic nitrogens is 1. The summed E-state index contributed by atoms with van der Waals surface area (Å²) in [5, 5.41) is 0.708. The second-order valence-corrected chi connectivity index (χ2v) is 6.49. The molecule has 0 saturated heterocycles. The summed E-state index contributed by atoms with van der Waals surface area (Å²) < 4.78 is 24.4. The van der Waals surface area contributed by atoms with Crippen LogP contribution < -0.4 is 4.74 Å². The van der Waals surface area contributed by atoms with Gasteiger partial charge in [-0.1, -0.05) is 18.2 Å². The summed E-state index contributed by atoms with van der Waals surface area (Å²) in [4.78, 5) is 12.9. The minimum absolute atomic E-state index is 0.271. The summed E-state index contributed by atoms with van der Waals surface area (Å²) in [5.74, 6) is 0.107. The topological polar surface area (TPSA) is 57.5 Å². The van der Waals surface area contributed by atoms with Crippen LogP contribution in [0.4, 0.5) is 0 Å². The monoisotopic (exact) mass is 343 g/mol. The summed E-state index contributed by atoms with van der Waals surface area (Å²) in [6.07, 6.45) is 1.55. The van der Waals surface area contributed by atoms with E-state index in [4.69, 9.17) is 9.47 Å². The molecule has 24 heavy (non-hydrogen) atoms. The number of nitrogens with zero attached hydrogens (tertiary/aromatic N) is 1. The number of benzene rings is 2. The third-order valence-corrected chi connectivity index (χ3v) is 4.80. The van der Waals surface area contributed by atoms with Crippen LogP contribution in [-0.4, -0.2) is 35.2 Å². The van der Waals surface area contributed by atoms with Gasteiger partial charge in [-0.15, -0.1) is 0 Å². The van der Waals surface area contributed by atoms with E-state index in [0.29, 0.717) is 16.0 Å². The highest BCUT2D eigenvalue weighted by atomic mass is 32.2. The first-order valence-corrected chi connectivity index (χ1v) is 8.84. The number of fused-ring (bicyclic) bond motifs is 1. The average molecular weight is 343 g/mol. The van der Waals surface area contributed by atoms with Crippen molar-refractivity contribution in [2.45, 2.75) is 4.90 Å². The number of ether oxygens (including phenoxy) is 2. The average Bonchev–Trinajstić information content (AvgIpc) is 2.96. The van der Waals surface area contributed by atoms with E-state index in [1.165, 1.54) is 7.11 Å². The van der Waals surface area contributed by atoms with Crippen molar-refractivity contribution in [1.29, 1.82) is 0 Å². The molecule has 0 amide bonds. The molecule has 1 aromatic heterocycles. The van der Waals surface area contributed by atoms with Gasteiger partial charge in [-0.2, -0.15) is 0 Å². The summed E-state index contributed by atoms with van der Waals surface area (Å²) >= 11 is 0. The molecule has 3 rings (SSSR count). The number of hydrogen-bond donors (Lipinski definition) is 0. The van der Waals surface area contributed by atoms with Crippen LogP contribution >= 0.6 is 0 Å². The summed E-state index contributed by atoms with van der Waals surface area (Å²) in [6, 6.07) is 14.9. The number of rotatable bonds is 4. The summed E-state index contributed by atoms with van der Waals surface area (Å²) in [6.45, 7) is 0. The van der Waals surface area contributed by atoms with Crippen LogP contribution in [0.5, 0.6) is 5.75 Å². The lowest BCUT2D eigenvalue weighted by Gasteiger charge is -2.10. The number of para-hydroxylation sites is 1. The molecule has 0 spiro atoms. The number of carbonyl (C=O) groups excluding carboxylic acids is 1. The van der Waals surface area contributed by atoms with Crippen molar-refractivity contribution in [1.82, 2.24) is 4.57 Å². The Morgan fingerprint density at radius 2 is 1.79 bits per heavy atom. The predicted molar refractivity (Wildman–Crippen MR) is 93.5 cm³/mol. The van der Waals surface area contributed by atoms with Crippen molar-refractivity contribution in [3.8, 4) is 11.4 Å². The second kappa shape index (κ2) is 6.49. The Hall–Kier alpha value is -2.60. The Morgan fingerprint density at radius 3 is 2.38 bits per heavy atom. The van der Waals surface area contributed by atoms with Gasteiger partial charge in [0.2, 0.25) is 0 Å². The number of hydrogen-bond acceptors (Lipinski definition) is 4. The molecular formula is C18H17NO4S. The van der Waals surface area contributed by atoms with E-state index < -0.39 is 16.8 Å². The molecule has 0 bridgehead atoms. The first kappa shape index (κ1) is 16.3. The zero-order valence-electron chi connectivity index (χ0n) is 13.6. The Balaban J connectivity index is 2.48. The zero-order valence-corrected chi connectivity index (χ0v) is 14.4. The maximum Gasteiger partial charge on any atom is 0.356 e. The van der Waals surface area contributed by atoms with Crippen molar-refractivity contribution >= 4 is 27.7 Å². The van der Waals surface area contributed by atoms with Crippen LogP contribution in [0.3, 0.4) is 0 Å². The molecule has 0 aliphatic rings. The van der Waals surface area contributed by atoms with E-state index in [2.05, 4.69) is 0 Å². The number of esters is 1. The Bertz CT molecular complexity index is 931. The summed E-state index contributed by atoms with van der Waals surface area (Å²) in [7, 11) is 1.51. The first-order chi connectivity index (χ1) is 11.6. The Morgan fingerprint density at radius 1 is 1.08 bits per heavy atom. The molecule has 124 valence electrons. The fourth-order valence-corrected chi connectivity index (χ4v) is 3.71. The number of carbonyl (C=O) groups is 1. The van der Waals surface area contributed by atoms with Crippen LogP contribution in [0.25, 0.3) is 16.6 Å². The highest BCUT2D eigenvalue weighted by Crippen LogP contribution is 2.34. The lowest BCUT2D eigenvalue weighted by Crippen LogP contribution is -2.11. The van der Waals surface area contributed by atoms with Crippen LogP contribution in [0.15, 0.2) is 53.4 Å². The first-order valence-electron chi connectivity index (χ1n) is 7.28. The minimum Gasteiger partial charge on any atom is -0.497 e. The fraction of sp³-hybridized carbons (Fsp3) is 0.167. The van der Waals surface area contributed by atoms with Gasteiger partial charge in [-0.3, -0.25) is 4.21 Å². The third-order valence-electron chi connectivity index (χ3n) is 3.81. The molecule has 0 radical (unpaired) electrons. The Labute approximate surface area is 142 Å². The minimum atomic E-state index is -1.38. The van der Waals surface area contributed by atoms with E-state index in [1.54, 1.807) is 24.0 Å². The fourth-order valence-electron chi connectivity index (χ4n) is 2.79. The Kier molecular flexibility index (Phi) is 4.40. The molecule has 1 unspecified atom stereocenters. The van der Waals surface area contributed by atoms with Crippen molar-refractivity contribution in [3.63, 3.8) is 0 Å². The van der Waals surface area contributed by atoms with Gasteiger partial charge in [0.1, 0.15) is 11.4 Å². The molecule has 0 fully saturated rings. The highest BCUT2D eigenvalue weighted by Gasteiger charge is 2.26. The normalized spacial score (nSPS) is 12.1. The highest BCUT2D eigenvalue weighted by molar-refractivity contribution is 7.84. The van der Waals surface area contributed by atoms with Crippen LogP contribution in [0, 0.1) is 0 Å². The molecular weight excluding hydrogens is 326 g/mol. The lowest BCUT2D eigenvalue weighted by atomic mass is 10.2.